The van der Waals surface area contributed by atoms with Crippen molar-refractivity contribution in [2.45, 2.75) is 32.6 Å². The van der Waals surface area contributed by atoms with E-state index in [1.807, 2.05) is 30.3 Å². The Bertz CT molecular complexity index is 574. The predicted molar refractivity (Wildman–Crippen MR) is 88.0 cm³/mol. The maximum Gasteiger partial charge on any atom is 0.221 e. The molecule has 0 saturated heterocycles. The number of carbonyl (C=O) groups is 1. The number of sulfone groups is 1. The van der Waals surface area contributed by atoms with Crippen LogP contribution < -0.4 is 5.32 Å². The van der Waals surface area contributed by atoms with Gasteiger partial charge in [-0.25, -0.2) is 8.42 Å². The summed E-state index contributed by atoms with van der Waals surface area (Å²) in [5.74, 6) is 0.203. The summed E-state index contributed by atoms with van der Waals surface area (Å²) in [6.07, 6.45) is 9.00. The van der Waals surface area contributed by atoms with E-state index >= 15 is 0 Å². The topological polar surface area (TPSA) is 63.2 Å². The molecule has 0 saturated carbocycles. The van der Waals surface area contributed by atoms with E-state index in [1.165, 1.54) is 13.2 Å². The Morgan fingerprint density at radius 3 is 2.38 bits per heavy atom. The first-order valence-corrected chi connectivity index (χ1v) is 9.15. The molecule has 1 amide bonds. The third-order valence-corrected chi connectivity index (χ3v) is 3.96. The van der Waals surface area contributed by atoms with E-state index in [0.29, 0.717) is 0 Å². The summed E-state index contributed by atoms with van der Waals surface area (Å²) in [6.45, 7) is 1.48. The van der Waals surface area contributed by atoms with Crippen molar-refractivity contribution < 1.29 is 13.2 Å². The molecule has 0 atom stereocenters. The lowest BCUT2D eigenvalue weighted by molar-refractivity contribution is -0.114. The minimum absolute atomic E-state index is 0.0765. The second-order valence-electron chi connectivity index (χ2n) is 5.18. The predicted octanol–water partition coefficient (Wildman–Crippen LogP) is 3.26. The van der Waals surface area contributed by atoms with Crippen LogP contribution >= 0.6 is 0 Å². The van der Waals surface area contributed by atoms with Crippen LogP contribution in [0, 0.1) is 0 Å². The van der Waals surface area contributed by atoms with Gasteiger partial charge in [-0.15, -0.1) is 0 Å². The van der Waals surface area contributed by atoms with Crippen LogP contribution in [0.25, 0.3) is 6.08 Å². The van der Waals surface area contributed by atoms with E-state index in [4.69, 9.17) is 0 Å². The molecule has 5 heteroatoms. The SMILES string of the molecule is CC(=O)Nc1ccc(C=CCCCCCS(C)(=O)=O)cc1. The summed E-state index contributed by atoms with van der Waals surface area (Å²) in [5, 5.41) is 2.72. The summed E-state index contributed by atoms with van der Waals surface area (Å²) in [4.78, 5) is 10.9. The molecular formula is C16H23NO3S. The van der Waals surface area contributed by atoms with Crippen LogP contribution in [-0.4, -0.2) is 26.3 Å². The Hall–Kier alpha value is -1.62. The highest BCUT2D eigenvalue weighted by atomic mass is 32.2. The number of hydrogen-bond donors (Lipinski definition) is 1. The van der Waals surface area contributed by atoms with Gasteiger partial charge in [0, 0.05) is 24.6 Å². The number of allylic oxidation sites excluding steroid dienone is 1. The Morgan fingerprint density at radius 1 is 1.14 bits per heavy atom. The molecule has 1 rings (SSSR count). The first-order valence-electron chi connectivity index (χ1n) is 7.09. The molecule has 1 aromatic rings. The Kier molecular flexibility index (Phi) is 7.15. The molecule has 1 N–H and O–H groups in total. The van der Waals surface area contributed by atoms with Crippen LogP contribution in [-0.2, 0) is 14.6 Å². The van der Waals surface area contributed by atoms with Crippen LogP contribution in [0.3, 0.4) is 0 Å². The lowest BCUT2D eigenvalue weighted by Gasteiger charge is -2.01. The van der Waals surface area contributed by atoms with E-state index in [-0.39, 0.29) is 11.7 Å². The average molecular weight is 309 g/mol. The molecule has 0 aliphatic carbocycles. The van der Waals surface area contributed by atoms with Gasteiger partial charge in [-0.05, 0) is 37.0 Å². The Balaban J connectivity index is 2.26. The number of hydrogen-bond acceptors (Lipinski definition) is 3. The maximum absolute atomic E-state index is 11.0. The third-order valence-electron chi connectivity index (χ3n) is 2.93. The molecule has 1 aromatic carbocycles. The molecule has 0 aromatic heterocycles. The van der Waals surface area contributed by atoms with Gasteiger partial charge in [0.25, 0.3) is 0 Å². The minimum atomic E-state index is -2.82. The fourth-order valence-corrected chi connectivity index (χ4v) is 2.63. The molecular weight excluding hydrogens is 286 g/mol. The standard InChI is InChI=1S/C16H23NO3S/c1-14(18)17-16-11-9-15(10-12-16)8-6-4-3-5-7-13-21(2,19)20/h6,8-12H,3-5,7,13H2,1-2H3,(H,17,18). The van der Waals surface area contributed by atoms with E-state index < -0.39 is 9.84 Å². The number of amides is 1. The first kappa shape index (κ1) is 17.4. The van der Waals surface area contributed by atoms with Crippen LogP contribution in [0.4, 0.5) is 5.69 Å². The fraction of sp³-hybridized carbons (Fsp3) is 0.438. The van der Waals surface area contributed by atoms with Gasteiger partial charge in [0.2, 0.25) is 5.91 Å². The van der Waals surface area contributed by atoms with Crippen LogP contribution in [0.5, 0.6) is 0 Å². The van der Waals surface area contributed by atoms with Crippen LogP contribution in [0.1, 0.15) is 38.2 Å². The normalized spacial score (nSPS) is 11.7. The molecule has 4 nitrogen and oxygen atoms in total. The zero-order chi connectivity index (χ0) is 15.7. The molecule has 0 fully saturated rings. The van der Waals surface area contributed by atoms with E-state index in [1.54, 1.807) is 0 Å². The zero-order valence-corrected chi connectivity index (χ0v) is 13.4. The Labute approximate surface area is 127 Å². The van der Waals surface area contributed by atoms with Crippen molar-refractivity contribution >= 4 is 27.5 Å². The molecule has 116 valence electrons. The number of anilines is 1. The number of carbonyl (C=O) groups excluding carboxylic acids is 1. The van der Waals surface area contributed by atoms with Crippen molar-refractivity contribution in [2.75, 3.05) is 17.3 Å². The van der Waals surface area contributed by atoms with Crippen LogP contribution in [0.15, 0.2) is 30.3 Å². The van der Waals surface area contributed by atoms with Crippen molar-refractivity contribution in [1.82, 2.24) is 0 Å². The van der Waals surface area contributed by atoms with E-state index in [9.17, 15) is 13.2 Å². The molecule has 0 radical (unpaired) electrons. The van der Waals surface area contributed by atoms with E-state index in [2.05, 4.69) is 11.4 Å². The Morgan fingerprint density at radius 2 is 1.81 bits per heavy atom. The number of nitrogens with one attached hydrogen (secondary N) is 1. The first-order chi connectivity index (χ1) is 9.87. The van der Waals surface area contributed by atoms with Crippen molar-refractivity contribution in [3.63, 3.8) is 0 Å². The highest BCUT2D eigenvalue weighted by Gasteiger charge is 2.00. The number of rotatable bonds is 8. The molecule has 0 heterocycles. The monoisotopic (exact) mass is 309 g/mol. The molecule has 0 spiro atoms. The molecule has 0 bridgehead atoms. The van der Waals surface area contributed by atoms with Gasteiger partial charge in [-0.2, -0.15) is 0 Å². The third kappa shape index (κ3) is 9.02. The number of unbranched alkanes of at least 4 members (excludes halogenated alkanes) is 3. The molecule has 21 heavy (non-hydrogen) atoms. The van der Waals surface area contributed by atoms with Gasteiger partial charge >= 0.3 is 0 Å². The zero-order valence-electron chi connectivity index (χ0n) is 12.6. The number of benzene rings is 1. The quantitative estimate of drug-likeness (QED) is 0.750. The summed E-state index contributed by atoms with van der Waals surface area (Å²) in [6, 6.07) is 7.64. The van der Waals surface area contributed by atoms with Crippen molar-refractivity contribution in [1.29, 1.82) is 0 Å². The fourth-order valence-electron chi connectivity index (χ4n) is 1.90. The second kappa shape index (κ2) is 8.62. The van der Waals surface area contributed by atoms with Gasteiger partial charge in [0.05, 0.1) is 0 Å². The van der Waals surface area contributed by atoms with Gasteiger partial charge in [0.1, 0.15) is 9.84 Å². The summed E-state index contributed by atoms with van der Waals surface area (Å²) in [7, 11) is -2.82. The molecule has 0 aliphatic rings. The minimum Gasteiger partial charge on any atom is -0.326 e. The van der Waals surface area contributed by atoms with Crippen LogP contribution in [0.2, 0.25) is 0 Å². The lowest BCUT2D eigenvalue weighted by Crippen LogP contribution is -2.05. The van der Waals surface area contributed by atoms with Gasteiger partial charge in [-0.3, -0.25) is 4.79 Å². The molecule has 0 aliphatic heterocycles. The summed E-state index contributed by atoms with van der Waals surface area (Å²) in [5.41, 5.74) is 1.88. The smallest absolute Gasteiger partial charge is 0.221 e. The molecule has 0 unspecified atom stereocenters. The summed E-state index contributed by atoms with van der Waals surface area (Å²) >= 11 is 0. The van der Waals surface area contributed by atoms with Crippen molar-refractivity contribution in [3.05, 3.63) is 35.9 Å². The lowest BCUT2D eigenvalue weighted by atomic mass is 10.1. The highest BCUT2D eigenvalue weighted by molar-refractivity contribution is 7.90. The van der Waals surface area contributed by atoms with Crippen molar-refractivity contribution in [3.8, 4) is 0 Å². The van der Waals surface area contributed by atoms with Crippen molar-refractivity contribution in [2.24, 2.45) is 0 Å². The maximum atomic E-state index is 11.0. The second-order valence-corrected chi connectivity index (χ2v) is 7.44. The largest absolute Gasteiger partial charge is 0.326 e. The van der Waals surface area contributed by atoms with Gasteiger partial charge in [-0.1, -0.05) is 30.7 Å². The van der Waals surface area contributed by atoms with E-state index in [0.717, 1.165) is 36.9 Å². The van der Waals surface area contributed by atoms with Gasteiger partial charge in [0.15, 0.2) is 0 Å². The summed E-state index contributed by atoms with van der Waals surface area (Å²) < 4.78 is 21.9. The van der Waals surface area contributed by atoms with Gasteiger partial charge < -0.3 is 5.32 Å². The highest BCUT2D eigenvalue weighted by Crippen LogP contribution is 2.11. The average Bonchev–Trinajstić information content (AvgIpc) is 2.37.